The van der Waals surface area contributed by atoms with Gasteiger partial charge in [-0.05, 0) is 41.3 Å². The molecule has 0 unspecified atom stereocenters. The van der Waals surface area contributed by atoms with E-state index in [9.17, 15) is 9.59 Å². The average molecular weight is 360 g/mol. The monoisotopic (exact) mass is 360 g/mol. The zero-order chi connectivity index (χ0) is 19.0. The van der Waals surface area contributed by atoms with E-state index in [1.54, 1.807) is 49.6 Å². The summed E-state index contributed by atoms with van der Waals surface area (Å²) in [4.78, 5) is 25.6. The van der Waals surface area contributed by atoms with Gasteiger partial charge in [0.2, 0.25) is 0 Å². The fourth-order valence-electron chi connectivity index (χ4n) is 3.18. The van der Waals surface area contributed by atoms with Gasteiger partial charge < -0.3 is 9.47 Å². The van der Waals surface area contributed by atoms with Crippen molar-refractivity contribution in [3.05, 3.63) is 71.3 Å². The predicted molar refractivity (Wildman–Crippen MR) is 102 cm³/mol. The minimum Gasteiger partial charge on any atom is -0.493 e. The standard InChI is InChI=1S/C21H16N2O4/c1-26-17-10-9-13(11-18(17)27-2)12-22-23-20(24)15-7-3-5-14-6-4-8-16(19(14)15)21(23)25/h3-12H,1-2H3/b22-12-. The lowest BCUT2D eigenvalue weighted by atomic mass is 9.95. The highest BCUT2D eigenvalue weighted by molar-refractivity contribution is 6.25. The highest BCUT2D eigenvalue weighted by atomic mass is 16.5. The maximum Gasteiger partial charge on any atom is 0.282 e. The molecule has 3 aromatic rings. The van der Waals surface area contributed by atoms with E-state index in [1.807, 2.05) is 12.1 Å². The quantitative estimate of drug-likeness (QED) is 0.528. The summed E-state index contributed by atoms with van der Waals surface area (Å²) in [5.74, 6) is 0.232. The Labute approximate surface area is 155 Å². The van der Waals surface area contributed by atoms with Gasteiger partial charge in [-0.3, -0.25) is 9.59 Å². The van der Waals surface area contributed by atoms with Gasteiger partial charge in [0.05, 0.1) is 31.6 Å². The van der Waals surface area contributed by atoms with Gasteiger partial charge in [0.1, 0.15) is 0 Å². The molecule has 1 aliphatic heterocycles. The van der Waals surface area contributed by atoms with Crippen LogP contribution in [0.2, 0.25) is 0 Å². The number of methoxy groups -OCH3 is 2. The molecular formula is C21H16N2O4. The van der Waals surface area contributed by atoms with Crippen LogP contribution in [0.4, 0.5) is 0 Å². The van der Waals surface area contributed by atoms with Crippen molar-refractivity contribution in [3.63, 3.8) is 0 Å². The van der Waals surface area contributed by atoms with Crippen molar-refractivity contribution in [1.82, 2.24) is 5.01 Å². The lowest BCUT2D eigenvalue weighted by Crippen LogP contribution is -2.36. The Hall–Kier alpha value is -3.67. The Balaban J connectivity index is 1.73. The number of imide groups is 1. The molecule has 0 fully saturated rings. The van der Waals surface area contributed by atoms with Gasteiger partial charge in [-0.1, -0.05) is 24.3 Å². The molecule has 4 rings (SSSR count). The van der Waals surface area contributed by atoms with Crippen LogP contribution in [0, 0.1) is 0 Å². The maximum atomic E-state index is 12.8. The van der Waals surface area contributed by atoms with E-state index in [2.05, 4.69) is 5.10 Å². The second-order valence-corrected chi connectivity index (χ2v) is 5.99. The van der Waals surface area contributed by atoms with Crippen molar-refractivity contribution >= 4 is 28.8 Å². The summed E-state index contributed by atoms with van der Waals surface area (Å²) in [6, 6.07) is 16.0. The number of rotatable bonds is 4. The summed E-state index contributed by atoms with van der Waals surface area (Å²) in [6.07, 6.45) is 1.45. The number of amides is 2. The van der Waals surface area contributed by atoms with Crippen molar-refractivity contribution in [1.29, 1.82) is 0 Å². The summed E-state index contributed by atoms with van der Waals surface area (Å²) in [6.45, 7) is 0. The van der Waals surface area contributed by atoms with Crippen molar-refractivity contribution in [2.75, 3.05) is 14.2 Å². The van der Waals surface area contributed by atoms with Crippen LogP contribution >= 0.6 is 0 Å². The smallest absolute Gasteiger partial charge is 0.282 e. The first kappa shape index (κ1) is 16.8. The molecule has 0 aliphatic carbocycles. The third-order valence-corrected chi connectivity index (χ3v) is 4.48. The van der Waals surface area contributed by atoms with E-state index in [-0.39, 0.29) is 0 Å². The Bertz CT molecular complexity index is 1050. The van der Waals surface area contributed by atoms with Crippen molar-refractivity contribution < 1.29 is 19.1 Å². The van der Waals surface area contributed by atoms with E-state index < -0.39 is 11.8 Å². The van der Waals surface area contributed by atoms with Gasteiger partial charge in [0.15, 0.2) is 11.5 Å². The molecule has 6 nitrogen and oxygen atoms in total. The summed E-state index contributed by atoms with van der Waals surface area (Å²) in [7, 11) is 3.09. The van der Waals surface area contributed by atoms with E-state index in [0.717, 1.165) is 10.4 Å². The van der Waals surface area contributed by atoms with Gasteiger partial charge in [0, 0.05) is 5.39 Å². The fraction of sp³-hybridized carbons (Fsp3) is 0.0952. The van der Waals surface area contributed by atoms with E-state index in [4.69, 9.17) is 9.47 Å². The zero-order valence-electron chi connectivity index (χ0n) is 14.8. The first-order chi connectivity index (χ1) is 13.1. The molecule has 134 valence electrons. The van der Waals surface area contributed by atoms with Gasteiger partial charge >= 0.3 is 0 Å². The minimum absolute atomic E-state index is 0.443. The second-order valence-electron chi connectivity index (χ2n) is 5.99. The molecule has 0 bridgehead atoms. The van der Waals surface area contributed by atoms with Gasteiger partial charge in [-0.25, -0.2) is 0 Å². The molecule has 3 aromatic carbocycles. The molecule has 0 atom stereocenters. The van der Waals surface area contributed by atoms with E-state index >= 15 is 0 Å². The van der Waals surface area contributed by atoms with Crippen LogP contribution in [0.5, 0.6) is 11.5 Å². The topological polar surface area (TPSA) is 68.2 Å². The molecule has 0 spiro atoms. The Kier molecular flexibility index (Phi) is 4.08. The third-order valence-electron chi connectivity index (χ3n) is 4.48. The average Bonchev–Trinajstić information content (AvgIpc) is 2.71. The Morgan fingerprint density at radius 2 is 1.48 bits per heavy atom. The van der Waals surface area contributed by atoms with Crippen molar-refractivity contribution in [3.8, 4) is 11.5 Å². The normalized spacial score (nSPS) is 13.5. The lowest BCUT2D eigenvalue weighted by Gasteiger charge is -2.23. The minimum atomic E-state index is -0.443. The van der Waals surface area contributed by atoms with Crippen LogP contribution in [0.1, 0.15) is 26.3 Å². The number of benzene rings is 3. The molecule has 1 heterocycles. The first-order valence-corrected chi connectivity index (χ1v) is 8.30. The SMILES string of the molecule is COc1ccc(/C=N\N2C(=O)c3cccc4cccc(c34)C2=O)cc1OC. The molecule has 6 heteroatoms. The number of hydrogen-bond donors (Lipinski definition) is 0. The zero-order valence-corrected chi connectivity index (χ0v) is 14.8. The second kappa shape index (κ2) is 6.57. The van der Waals surface area contributed by atoms with E-state index in [0.29, 0.717) is 33.6 Å². The number of ether oxygens (including phenoxy) is 2. The molecule has 1 aliphatic rings. The number of nitrogens with zero attached hydrogens (tertiary/aromatic N) is 2. The van der Waals surface area contributed by atoms with Gasteiger partial charge in [-0.2, -0.15) is 10.1 Å². The Morgan fingerprint density at radius 1 is 0.852 bits per heavy atom. The highest BCUT2D eigenvalue weighted by Gasteiger charge is 2.32. The molecular weight excluding hydrogens is 344 g/mol. The summed E-state index contributed by atoms with van der Waals surface area (Å²) < 4.78 is 10.5. The van der Waals surface area contributed by atoms with Gasteiger partial charge in [0.25, 0.3) is 11.8 Å². The maximum absolute atomic E-state index is 12.8. The fourth-order valence-corrected chi connectivity index (χ4v) is 3.18. The van der Waals surface area contributed by atoms with Crippen LogP contribution in [-0.4, -0.2) is 37.3 Å². The van der Waals surface area contributed by atoms with Crippen LogP contribution in [0.3, 0.4) is 0 Å². The van der Waals surface area contributed by atoms with Crippen molar-refractivity contribution in [2.45, 2.75) is 0 Å². The summed E-state index contributed by atoms with van der Waals surface area (Å²) in [5.41, 5.74) is 1.60. The van der Waals surface area contributed by atoms with Crippen LogP contribution in [0.15, 0.2) is 59.7 Å². The van der Waals surface area contributed by atoms with Gasteiger partial charge in [-0.15, -0.1) is 0 Å². The van der Waals surface area contributed by atoms with Crippen LogP contribution < -0.4 is 9.47 Å². The molecule has 27 heavy (non-hydrogen) atoms. The summed E-state index contributed by atoms with van der Waals surface area (Å²) in [5, 5.41) is 6.57. The number of carbonyl (C=O) groups excluding carboxylic acids is 2. The molecule has 0 N–H and O–H groups in total. The third kappa shape index (κ3) is 2.71. The first-order valence-electron chi connectivity index (χ1n) is 8.30. The predicted octanol–water partition coefficient (Wildman–Crippen LogP) is 3.49. The van der Waals surface area contributed by atoms with Crippen LogP contribution in [0.25, 0.3) is 10.8 Å². The Morgan fingerprint density at radius 3 is 2.07 bits per heavy atom. The molecule has 0 radical (unpaired) electrons. The summed E-state index contributed by atoms with van der Waals surface area (Å²) >= 11 is 0. The number of hydrazone groups is 1. The van der Waals surface area contributed by atoms with Crippen LogP contribution in [-0.2, 0) is 0 Å². The number of carbonyl (C=O) groups is 2. The molecule has 0 saturated heterocycles. The molecule has 2 amide bonds. The lowest BCUT2D eigenvalue weighted by molar-refractivity contribution is 0.0616. The van der Waals surface area contributed by atoms with Crippen molar-refractivity contribution in [2.24, 2.45) is 5.10 Å². The molecule has 0 aromatic heterocycles. The largest absolute Gasteiger partial charge is 0.493 e. The number of hydrogen-bond acceptors (Lipinski definition) is 5. The molecule has 0 saturated carbocycles. The highest BCUT2D eigenvalue weighted by Crippen LogP contribution is 2.30. The van der Waals surface area contributed by atoms with E-state index in [1.165, 1.54) is 13.3 Å².